The van der Waals surface area contributed by atoms with Gasteiger partial charge in [0.2, 0.25) is 5.91 Å². The van der Waals surface area contributed by atoms with E-state index in [1.54, 1.807) is 7.11 Å². The summed E-state index contributed by atoms with van der Waals surface area (Å²) in [6.07, 6.45) is 2.86. The molecule has 2 heterocycles. The molecule has 2 aromatic carbocycles. The first-order chi connectivity index (χ1) is 15.5. The summed E-state index contributed by atoms with van der Waals surface area (Å²) in [5.41, 5.74) is 2.75. The zero-order valence-corrected chi connectivity index (χ0v) is 18.5. The number of ether oxygens (including phenoxy) is 1. The molecule has 4 aromatic rings. The van der Waals surface area contributed by atoms with Crippen LogP contribution in [0.2, 0.25) is 0 Å². The van der Waals surface area contributed by atoms with Crippen LogP contribution in [0.1, 0.15) is 18.5 Å². The number of methoxy groups -OCH3 is 1. The first-order valence-corrected chi connectivity index (χ1v) is 10.9. The normalized spacial score (nSPS) is 11.7. The standard InChI is InChI=1S/C24H22N4O3S/c1-16(18-9-6-10-19(11-18)31-2)26-22(29)13-28-15-25-12-20(24(28)30)23-27-21(14-32-23)17-7-4-3-5-8-17/h3-12,14-16H,13H2,1-2H3,(H,26,29)/t16-/m1/s1. The largest absolute Gasteiger partial charge is 0.497 e. The van der Waals surface area contributed by atoms with Crippen molar-refractivity contribution in [2.24, 2.45) is 0 Å². The van der Waals surface area contributed by atoms with Crippen molar-refractivity contribution in [2.75, 3.05) is 7.11 Å². The van der Waals surface area contributed by atoms with Crippen LogP contribution in [0.3, 0.4) is 0 Å². The van der Waals surface area contributed by atoms with Crippen molar-refractivity contribution in [2.45, 2.75) is 19.5 Å². The summed E-state index contributed by atoms with van der Waals surface area (Å²) in [5, 5.41) is 5.39. The molecule has 8 heteroatoms. The van der Waals surface area contributed by atoms with E-state index in [1.165, 1.54) is 28.4 Å². The lowest BCUT2D eigenvalue weighted by Crippen LogP contribution is -2.34. The maximum Gasteiger partial charge on any atom is 0.264 e. The highest BCUT2D eigenvalue weighted by atomic mass is 32.1. The lowest BCUT2D eigenvalue weighted by atomic mass is 10.1. The third-order valence-corrected chi connectivity index (χ3v) is 5.87. The number of carbonyl (C=O) groups excluding carboxylic acids is 1. The van der Waals surface area contributed by atoms with E-state index in [1.807, 2.05) is 66.9 Å². The van der Waals surface area contributed by atoms with Crippen molar-refractivity contribution in [3.8, 4) is 27.6 Å². The van der Waals surface area contributed by atoms with Gasteiger partial charge in [0.1, 0.15) is 17.3 Å². The number of rotatable bonds is 7. The van der Waals surface area contributed by atoms with Gasteiger partial charge in [-0.2, -0.15) is 0 Å². The Morgan fingerprint density at radius 3 is 2.78 bits per heavy atom. The van der Waals surface area contributed by atoms with Crippen LogP contribution >= 0.6 is 11.3 Å². The molecular formula is C24H22N4O3S. The van der Waals surface area contributed by atoms with Gasteiger partial charge in [-0.15, -0.1) is 11.3 Å². The topological polar surface area (TPSA) is 86.1 Å². The lowest BCUT2D eigenvalue weighted by Gasteiger charge is -2.15. The van der Waals surface area contributed by atoms with Crippen LogP contribution in [0.25, 0.3) is 21.8 Å². The molecule has 0 aliphatic carbocycles. The quantitative estimate of drug-likeness (QED) is 0.465. The van der Waals surface area contributed by atoms with Crippen molar-refractivity contribution in [3.63, 3.8) is 0 Å². The molecule has 1 N–H and O–H groups in total. The second-order valence-corrected chi connectivity index (χ2v) is 8.07. The van der Waals surface area contributed by atoms with Gasteiger partial charge in [0.05, 0.1) is 30.7 Å². The highest BCUT2D eigenvalue weighted by molar-refractivity contribution is 7.13. The molecule has 0 spiro atoms. The Balaban J connectivity index is 1.50. The van der Waals surface area contributed by atoms with Crippen LogP contribution in [-0.2, 0) is 11.3 Å². The van der Waals surface area contributed by atoms with E-state index >= 15 is 0 Å². The fourth-order valence-corrected chi connectivity index (χ4v) is 4.12. The van der Waals surface area contributed by atoms with Gasteiger partial charge < -0.3 is 10.1 Å². The number of thiazole rings is 1. The molecule has 0 fully saturated rings. The van der Waals surface area contributed by atoms with Gasteiger partial charge in [-0.1, -0.05) is 42.5 Å². The molecule has 0 saturated heterocycles. The Hall–Kier alpha value is -3.78. The van der Waals surface area contributed by atoms with Crippen molar-refractivity contribution in [1.82, 2.24) is 19.9 Å². The molecule has 1 amide bonds. The number of amides is 1. The predicted octanol–water partition coefficient (Wildman–Crippen LogP) is 3.92. The first-order valence-electron chi connectivity index (χ1n) is 10.0. The molecule has 2 aromatic heterocycles. The molecule has 0 radical (unpaired) electrons. The summed E-state index contributed by atoms with van der Waals surface area (Å²) in [5.74, 6) is 0.431. The van der Waals surface area contributed by atoms with E-state index in [9.17, 15) is 9.59 Å². The van der Waals surface area contributed by atoms with E-state index in [0.717, 1.165) is 22.6 Å². The lowest BCUT2D eigenvalue weighted by molar-refractivity contribution is -0.122. The molecule has 7 nitrogen and oxygen atoms in total. The van der Waals surface area contributed by atoms with E-state index in [-0.39, 0.29) is 24.1 Å². The molecule has 0 saturated carbocycles. The van der Waals surface area contributed by atoms with Gasteiger partial charge in [-0.3, -0.25) is 14.2 Å². The third kappa shape index (κ3) is 4.76. The maximum absolute atomic E-state index is 13.0. The van der Waals surface area contributed by atoms with E-state index in [0.29, 0.717) is 10.6 Å². The first kappa shape index (κ1) is 21.5. The van der Waals surface area contributed by atoms with Gasteiger partial charge in [0, 0.05) is 17.1 Å². The van der Waals surface area contributed by atoms with Crippen molar-refractivity contribution in [3.05, 3.63) is 88.4 Å². The zero-order valence-electron chi connectivity index (χ0n) is 17.7. The highest BCUT2D eigenvalue weighted by Crippen LogP contribution is 2.26. The highest BCUT2D eigenvalue weighted by Gasteiger charge is 2.15. The molecule has 0 aliphatic rings. The van der Waals surface area contributed by atoms with Crippen LogP contribution in [0.15, 0.2) is 77.3 Å². The van der Waals surface area contributed by atoms with Crippen molar-refractivity contribution >= 4 is 17.2 Å². The number of nitrogens with one attached hydrogen (secondary N) is 1. The minimum atomic E-state index is -0.307. The molecule has 0 unspecified atom stereocenters. The SMILES string of the molecule is COc1cccc([C@@H](C)NC(=O)Cn2cncc(-c3nc(-c4ccccc4)cs3)c2=O)c1. The average molecular weight is 447 g/mol. The molecular weight excluding hydrogens is 424 g/mol. The maximum atomic E-state index is 13.0. The average Bonchev–Trinajstić information content (AvgIpc) is 3.31. The summed E-state index contributed by atoms with van der Waals surface area (Å²) >= 11 is 1.37. The van der Waals surface area contributed by atoms with Crippen LogP contribution in [0.4, 0.5) is 0 Å². The van der Waals surface area contributed by atoms with Crippen molar-refractivity contribution in [1.29, 1.82) is 0 Å². The van der Waals surface area contributed by atoms with Crippen LogP contribution in [-0.4, -0.2) is 27.6 Å². The summed E-state index contributed by atoms with van der Waals surface area (Å²) in [6.45, 7) is 1.75. The summed E-state index contributed by atoms with van der Waals surface area (Å²) in [6, 6.07) is 17.0. The van der Waals surface area contributed by atoms with E-state index < -0.39 is 0 Å². The van der Waals surface area contributed by atoms with Gasteiger partial charge in [0.25, 0.3) is 5.56 Å². The minimum absolute atomic E-state index is 0.134. The zero-order chi connectivity index (χ0) is 22.5. The molecule has 1 atom stereocenters. The monoisotopic (exact) mass is 446 g/mol. The number of benzene rings is 2. The Labute approximate surface area is 189 Å². The fourth-order valence-electron chi connectivity index (χ4n) is 3.29. The van der Waals surface area contributed by atoms with Gasteiger partial charge >= 0.3 is 0 Å². The molecule has 0 aliphatic heterocycles. The number of aromatic nitrogens is 3. The van der Waals surface area contributed by atoms with Gasteiger partial charge in [-0.05, 0) is 24.6 Å². The van der Waals surface area contributed by atoms with Crippen LogP contribution in [0.5, 0.6) is 5.75 Å². The van der Waals surface area contributed by atoms with Gasteiger partial charge in [-0.25, -0.2) is 9.97 Å². The molecule has 32 heavy (non-hydrogen) atoms. The number of nitrogens with zero attached hydrogens (tertiary/aromatic N) is 3. The van der Waals surface area contributed by atoms with Gasteiger partial charge in [0.15, 0.2) is 0 Å². The second-order valence-electron chi connectivity index (χ2n) is 7.21. The number of hydrogen-bond donors (Lipinski definition) is 1. The molecule has 162 valence electrons. The fraction of sp³-hybridized carbons (Fsp3) is 0.167. The Morgan fingerprint density at radius 2 is 2.00 bits per heavy atom. The Morgan fingerprint density at radius 1 is 1.19 bits per heavy atom. The van der Waals surface area contributed by atoms with E-state index in [2.05, 4.69) is 15.3 Å². The molecule has 4 rings (SSSR count). The van der Waals surface area contributed by atoms with Crippen LogP contribution < -0.4 is 15.6 Å². The van der Waals surface area contributed by atoms with E-state index in [4.69, 9.17) is 4.74 Å². The minimum Gasteiger partial charge on any atom is -0.497 e. The summed E-state index contributed by atoms with van der Waals surface area (Å²) in [7, 11) is 1.60. The summed E-state index contributed by atoms with van der Waals surface area (Å²) in [4.78, 5) is 34.3. The number of carbonyl (C=O) groups is 1. The Kier molecular flexibility index (Phi) is 6.42. The predicted molar refractivity (Wildman–Crippen MR) is 125 cm³/mol. The van der Waals surface area contributed by atoms with Crippen molar-refractivity contribution < 1.29 is 9.53 Å². The summed E-state index contributed by atoms with van der Waals surface area (Å²) < 4.78 is 6.53. The van der Waals surface area contributed by atoms with Crippen LogP contribution in [0, 0.1) is 0 Å². The second kappa shape index (κ2) is 9.57. The molecule has 0 bridgehead atoms. The number of hydrogen-bond acceptors (Lipinski definition) is 6. The Bertz CT molecular complexity index is 1280. The third-order valence-electron chi connectivity index (χ3n) is 4.99. The smallest absolute Gasteiger partial charge is 0.264 e.